The molecular weight excluding hydrogens is 270 g/mol. The zero-order valence-electron chi connectivity index (χ0n) is 12.0. The third-order valence-electron chi connectivity index (χ3n) is 4.14. The molecule has 2 aliphatic rings. The highest BCUT2D eigenvalue weighted by Crippen LogP contribution is 2.32. The molecule has 0 atom stereocenters. The van der Waals surface area contributed by atoms with E-state index < -0.39 is 0 Å². The quantitative estimate of drug-likeness (QED) is 0.887. The Morgan fingerprint density at radius 1 is 1.19 bits per heavy atom. The zero-order chi connectivity index (χ0) is 14.7. The number of nitrogens with one attached hydrogen (secondary N) is 1. The second kappa shape index (κ2) is 6.35. The molecule has 1 amide bonds. The largest absolute Gasteiger partial charge is 0.454 e. The molecule has 3 rings (SSSR count). The lowest BCUT2D eigenvalue weighted by Gasteiger charge is -2.26. The van der Waals surface area contributed by atoms with Gasteiger partial charge in [-0.1, -0.05) is 6.07 Å². The van der Waals surface area contributed by atoms with E-state index >= 15 is 0 Å². The van der Waals surface area contributed by atoms with Crippen molar-refractivity contribution in [3.05, 3.63) is 23.8 Å². The SMILES string of the molecule is O=C(CCc1ccc2c(c1)OCO2)NC1CCC(O)CC1. The summed E-state index contributed by atoms with van der Waals surface area (Å²) in [6.45, 7) is 0.271. The fourth-order valence-electron chi connectivity index (χ4n) is 2.87. The molecule has 0 saturated heterocycles. The Bertz CT molecular complexity index is 509. The molecule has 21 heavy (non-hydrogen) atoms. The van der Waals surface area contributed by atoms with Crippen LogP contribution >= 0.6 is 0 Å². The van der Waals surface area contributed by atoms with E-state index in [1.54, 1.807) is 0 Å². The number of aryl methyl sites for hydroxylation is 1. The Kier molecular flexibility index (Phi) is 4.29. The second-order valence-corrected chi connectivity index (χ2v) is 5.76. The van der Waals surface area contributed by atoms with E-state index in [1.807, 2.05) is 18.2 Å². The molecule has 0 spiro atoms. The van der Waals surface area contributed by atoms with Crippen molar-refractivity contribution in [2.24, 2.45) is 0 Å². The first-order chi connectivity index (χ1) is 10.2. The van der Waals surface area contributed by atoms with Crippen LogP contribution in [-0.2, 0) is 11.2 Å². The molecule has 0 aromatic heterocycles. The molecule has 2 N–H and O–H groups in total. The van der Waals surface area contributed by atoms with Crippen molar-refractivity contribution in [1.29, 1.82) is 0 Å². The van der Waals surface area contributed by atoms with Crippen molar-refractivity contribution in [3.63, 3.8) is 0 Å². The first-order valence-corrected chi connectivity index (χ1v) is 7.56. The predicted octanol–water partition coefficient (Wildman–Crippen LogP) is 1.77. The number of carbonyl (C=O) groups excluding carboxylic acids is 1. The molecule has 5 heteroatoms. The fraction of sp³-hybridized carbons (Fsp3) is 0.562. The number of ether oxygens (including phenoxy) is 2. The van der Waals surface area contributed by atoms with E-state index in [-0.39, 0.29) is 24.8 Å². The van der Waals surface area contributed by atoms with Crippen LogP contribution in [0.25, 0.3) is 0 Å². The number of hydrogen-bond donors (Lipinski definition) is 2. The van der Waals surface area contributed by atoms with E-state index in [9.17, 15) is 9.90 Å². The summed E-state index contributed by atoms with van der Waals surface area (Å²) in [5, 5.41) is 12.5. The van der Waals surface area contributed by atoms with Gasteiger partial charge in [0.2, 0.25) is 12.7 Å². The van der Waals surface area contributed by atoms with Gasteiger partial charge in [-0.05, 0) is 49.8 Å². The van der Waals surface area contributed by atoms with Crippen LogP contribution in [0.4, 0.5) is 0 Å². The summed E-state index contributed by atoms with van der Waals surface area (Å²) in [4.78, 5) is 12.0. The minimum Gasteiger partial charge on any atom is -0.454 e. The number of hydrogen-bond acceptors (Lipinski definition) is 4. The zero-order valence-corrected chi connectivity index (χ0v) is 12.0. The van der Waals surface area contributed by atoms with Gasteiger partial charge in [-0.15, -0.1) is 0 Å². The van der Waals surface area contributed by atoms with Crippen LogP contribution in [0.2, 0.25) is 0 Å². The van der Waals surface area contributed by atoms with Gasteiger partial charge in [0.15, 0.2) is 11.5 Å². The number of amides is 1. The normalized spacial score (nSPS) is 23.9. The van der Waals surface area contributed by atoms with Crippen LogP contribution in [0, 0.1) is 0 Å². The van der Waals surface area contributed by atoms with E-state index in [4.69, 9.17) is 9.47 Å². The topological polar surface area (TPSA) is 67.8 Å². The molecule has 1 aromatic rings. The van der Waals surface area contributed by atoms with Crippen molar-refractivity contribution in [2.75, 3.05) is 6.79 Å². The lowest BCUT2D eigenvalue weighted by Crippen LogP contribution is -2.38. The summed E-state index contributed by atoms with van der Waals surface area (Å²) in [5.41, 5.74) is 1.08. The number of aliphatic hydroxyl groups excluding tert-OH is 1. The smallest absolute Gasteiger partial charge is 0.231 e. The summed E-state index contributed by atoms with van der Waals surface area (Å²) in [6, 6.07) is 6.01. The summed E-state index contributed by atoms with van der Waals surface area (Å²) in [6.07, 6.45) is 4.29. The van der Waals surface area contributed by atoms with Gasteiger partial charge in [-0.2, -0.15) is 0 Å². The van der Waals surface area contributed by atoms with Gasteiger partial charge < -0.3 is 19.9 Å². The number of carbonyl (C=O) groups is 1. The van der Waals surface area contributed by atoms with Gasteiger partial charge in [0.1, 0.15) is 0 Å². The Labute approximate surface area is 124 Å². The number of aliphatic hydroxyl groups is 1. The molecule has 1 heterocycles. The Hall–Kier alpha value is -1.75. The van der Waals surface area contributed by atoms with E-state index in [1.165, 1.54) is 0 Å². The number of rotatable bonds is 4. The van der Waals surface area contributed by atoms with Gasteiger partial charge in [0, 0.05) is 12.5 Å². The first kappa shape index (κ1) is 14.2. The molecule has 0 bridgehead atoms. The molecule has 1 fully saturated rings. The lowest BCUT2D eigenvalue weighted by atomic mass is 9.93. The van der Waals surface area contributed by atoms with Crippen LogP contribution in [0.3, 0.4) is 0 Å². The molecule has 114 valence electrons. The fourth-order valence-corrected chi connectivity index (χ4v) is 2.87. The van der Waals surface area contributed by atoms with Gasteiger partial charge in [-0.25, -0.2) is 0 Å². The van der Waals surface area contributed by atoms with E-state index in [0.29, 0.717) is 12.8 Å². The number of fused-ring (bicyclic) bond motifs is 1. The molecule has 1 aromatic carbocycles. The summed E-state index contributed by atoms with van der Waals surface area (Å²) < 4.78 is 10.6. The number of benzene rings is 1. The highest BCUT2D eigenvalue weighted by atomic mass is 16.7. The first-order valence-electron chi connectivity index (χ1n) is 7.56. The molecular formula is C16H21NO4. The molecule has 1 saturated carbocycles. The molecule has 5 nitrogen and oxygen atoms in total. The van der Waals surface area contributed by atoms with E-state index in [2.05, 4.69) is 5.32 Å². The van der Waals surface area contributed by atoms with Crippen LogP contribution in [0.1, 0.15) is 37.7 Å². The molecule has 1 aliphatic heterocycles. The van der Waals surface area contributed by atoms with Crippen molar-refractivity contribution in [2.45, 2.75) is 50.7 Å². The molecule has 0 radical (unpaired) electrons. The minimum atomic E-state index is -0.188. The standard InChI is InChI=1S/C16H21NO4/c18-13-5-3-12(4-6-13)17-16(19)8-2-11-1-7-14-15(9-11)21-10-20-14/h1,7,9,12-13,18H,2-6,8,10H2,(H,17,19). The third-order valence-corrected chi connectivity index (χ3v) is 4.14. The monoisotopic (exact) mass is 291 g/mol. The predicted molar refractivity (Wildman–Crippen MR) is 77.3 cm³/mol. The van der Waals surface area contributed by atoms with Crippen molar-refractivity contribution in [1.82, 2.24) is 5.32 Å². The van der Waals surface area contributed by atoms with Crippen LogP contribution in [0.15, 0.2) is 18.2 Å². The second-order valence-electron chi connectivity index (χ2n) is 5.76. The summed E-state index contributed by atoms with van der Waals surface area (Å²) in [7, 11) is 0. The third kappa shape index (κ3) is 3.67. The highest BCUT2D eigenvalue weighted by molar-refractivity contribution is 5.76. The lowest BCUT2D eigenvalue weighted by molar-refractivity contribution is -0.122. The highest BCUT2D eigenvalue weighted by Gasteiger charge is 2.20. The van der Waals surface area contributed by atoms with Gasteiger partial charge in [0.05, 0.1) is 6.10 Å². The summed E-state index contributed by atoms with van der Waals surface area (Å²) >= 11 is 0. The van der Waals surface area contributed by atoms with Gasteiger partial charge in [0.25, 0.3) is 0 Å². The maximum atomic E-state index is 12.0. The maximum Gasteiger partial charge on any atom is 0.231 e. The maximum absolute atomic E-state index is 12.0. The van der Waals surface area contributed by atoms with Gasteiger partial charge >= 0.3 is 0 Å². The van der Waals surface area contributed by atoms with E-state index in [0.717, 1.165) is 42.7 Å². The van der Waals surface area contributed by atoms with Crippen LogP contribution < -0.4 is 14.8 Å². The average Bonchev–Trinajstić information content (AvgIpc) is 2.95. The van der Waals surface area contributed by atoms with Crippen molar-refractivity contribution >= 4 is 5.91 Å². The molecule has 0 unspecified atom stereocenters. The molecule has 1 aliphatic carbocycles. The van der Waals surface area contributed by atoms with Crippen LogP contribution in [0.5, 0.6) is 11.5 Å². The minimum absolute atomic E-state index is 0.0778. The summed E-state index contributed by atoms with van der Waals surface area (Å²) in [5.74, 6) is 1.60. The van der Waals surface area contributed by atoms with Crippen molar-refractivity contribution < 1.29 is 19.4 Å². The van der Waals surface area contributed by atoms with Crippen LogP contribution in [-0.4, -0.2) is 30.0 Å². The Morgan fingerprint density at radius 2 is 1.95 bits per heavy atom. The van der Waals surface area contributed by atoms with Gasteiger partial charge in [-0.3, -0.25) is 4.79 Å². The average molecular weight is 291 g/mol. The van der Waals surface area contributed by atoms with Crippen molar-refractivity contribution in [3.8, 4) is 11.5 Å². The Morgan fingerprint density at radius 3 is 2.76 bits per heavy atom. The Balaban J connectivity index is 1.45.